The van der Waals surface area contributed by atoms with E-state index in [2.05, 4.69) is 15.2 Å². The molecule has 0 atom stereocenters. The van der Waals surface area contributed by atoms with E-state index in [0.29, 0.717) is 16.8 Å². The van der Waals surface area contributed by atoms with Crippen LogP contribution in [0.4, 0.5) is 0 Å². The molecule has 0 saturated heterocycles. The van der Waals surface area contributed by atoms with Crippen molar-refractivity contribution in [3.05, 3.63) is 58.9 Å². The molecular formula is C17H13ClN4O. The van der Waals surface area contributed by atoms with E-state index in [1.54, 1.807) is 12.1 Å². The van der Waals surface area contributed by atoms with Crippen LogP contribution in [0.2, 0.25) is 5.02 Å². The van der Waals surface area contributed by atoms with Crippen molar-refractivity contribution in [1.29, 1.82) is 0 Å². The second kappa shape index (κ2) is 5.21. The molecule has 0 radical (unpaired) electrons. The summed E-state index contributed by atoms with van der Waals surface area (Å²) in [5.74, 6) is 0.873. The Balaban J connectivity index is 1.85. The van der Waals surface area contributed by atoms with Crippen LogP contribution in [-0.4, -0.2) is 19.6 Å². The normalized spacial score (nSPS) is 11.3. The molecule has 3 heterocycles. The van der Waals surface area contributed by atoms with Crippen LogP contribution in [0.5, 0.6) is 0 Å². The number of hydrogen-bond acceptors (Lipinski definition) is 4. The minimum atomic E-state index is 0.434. The second-order valence-electron chi connectivity index (χ2n) is 5.40. The van der Waals surface area contributed by atoms with Crippen LogP contribution in [0.25, 0.3) is 28.7 Å². The van der Waals surface area contributed by atoms with E-state index >= 15 is 0 Å². The van der Waals surface area contributed by atoms with Crippen LogP contribution < -0.4 is 0 Å². The zero-order valence-electron chi connectivity index (χ0n) is 12.6. The first-order valence-electron chi connectivity index (χ1n) is 7.17. The Bertz CT molecular complexity index is 1020. The average molecular weight is 325 g/mol. The maximum absolute atomic E-state index is 6.02. The fraction of sp³-hybridized carbons (Fsp3) is 0.118. The largest absolute Gasteiger partial charge is 0.415 e. The molecule has 3 aromatic heterocycles. The zero-order valence-corrected chi connectivity index (χ0v) is 13.4. The summed E-state index contributed by atoms with van der Waals surface area (Å²) in [6, 6.07) is 11.4. The standard InChI is InChI=1S/C17H13ClN4O/c1-10-6-7-22-14(8-10)19-11(2)15(22)17-21-20-16(23-17)12-4-3-5-13(18)9-12/h3-9H,1-2H3. The van der Waals surface area contributed by atoms with Gasteiger partial charge in [-0.3, -0.25) is 4.40 Å². The van der Waals surface area contributed by atoms with E-state index in [4.69, 9.17) is 16.0 Å². The summed E-state index contributed by atoms with van der Waals surface area (Å²) < 4.78 is 7.80. The number of halogens is 1. The molecule has 23 heavy (non-hydrogen) atoms. The number of benzene rings is 1. The summed E-state index contributed by atoms with van der Waals surface area (Å²) in [7, 11) is 0. The van der Waals surface area contributed by atoms with Crippen molar-refractivity contribution in [3.8, 4) is 23.0 Å². The molecule has 114 valence electrons. The maximum atomic E-state index is 6.02. The molecule has 4 aromatic rings. The van der Waals surface area contributed by atoms with Crippen LogP contribution in [0.1, 0.15) is 11.3 Å². The molecule has 5 nitrogen and oxygen atoms in total. The van der Waals surface area contributed by atoms with Gasteiger partial charge in [-0.15, -0.1) is 10.2 Å². The molecule has 0 fully saturated rings. The van der Waals surface area contributed by atoms with Gasteiger partial charge in [-0.1, -0.05) is 17.7 Å². The third-order valence-electron chi connectivity index (χ3n) is 3.66. The van der Waals surface area contributed by atoms with Crippen molar-refractivity contribution >= 4 is 17.2 Å². The SMILES string of the molecule is Cc1ccn2c(-c3nnc(-c4cccc(Cl)c4)o3)c(C)nc2c1. The lowest BCUT2D eigenvalue weighted by Gasteiger charge is -1.99. The summed E-state index contributed by atoms with van der Waals surface area (Å²) >= 11 is 6.02. The van der Waals surface area contributed by atoms with E-state index in [-0.39, 0.29) is 0 Å². The molecule has 0 bridgehead atoms. The Morgan fingerprint density at radius 2 is 1.87 bits per heavy atom. The molecule has 0 aliphatic rings. The van der Waals surface area contributed by atoms with Gasteiger partial charge in [0.15, 0.2) is 0 Å². The highest BCUT2D eigenvalue weighted by Crippen LogP contribution is 2.28. The van der Waals surface area contributed by atoms with Crippen molar-refractivity contribution < 1.29 is 4.42 Å². The highest BCUT2D eigenvalue weighted by atomic mass is 35.5. The quantitative estimate of drug-likeness (QED) is 0.551. The molecule has 0 unspecified atom stereocenters. The first kappa shape index (κ1) is 14.0. The van der Waals surface area contributed by atoms with E-state index in [1.807, 2.05) is 48.7 Å². The Kier molecular flexibility index (Phi) is 3.16. The minimum Gasteiger partial charge on any atom is -0.415 e. The smallest absolute Gasteiger partial charge is 0.266 e. The summed E-state index contributed by atoms with van der Waals surface area (Å²) in [6.45, 7) is 3.97. The third kappa shape index (κ3) is 2.39. The Morgan fingerprint density at radius 3 is 2.70 bits per heavy atom. The Hall–Kier alpha value is -2.66. The molecular weight excluding hydrogens is 312 g/mol. The third-order valence-corrected chi connectivity index (χ3v) is 3.89. The number of fused-ring (bicyclic) bond motifs is 1. The van der Waals surface area contributed by atoms with Crippen LogP contribution in [0, 0.1) is 13.8 Å². The molecule has 0 aliphatic heterocycles. The lowest BCUT2D eigenvalue weighted by Crippen LogP contribution is -1.89. The monoisotopic (exact) mass is 324 g/mol. The van der Waals surface area contributed by atoms with Crippen molar-refractivity contribution in [2.75, 3.05) is 0 Å². The fourth-order valence-electron chi connectivity index (χ4n) is 2.58. The molecule has 4 rings (SSSR count). The lowest BCUT2D eigenvalue weighted by atomic mass is 10.2. The minimum absolute atomic E-state index is 0.434. The number of nitrogens with zero attached hydrogens (tertiary/aromatic N) is 4. The van der Waals surface area contributed by atoms with Gasteiger partial charge in [0.2, 0.25) is 5.89 Å². The van der Waals surface area contributed by atoms with Crippen molar-refractivity contribution in [2.24, 2.45) is 0 Å². The predicted octanol–water partition coefficient (Wildman–Crippen LogP) is 4.32. The highest BCUT2D eigenvalue weighted by Gasteiger charge is 2.18. The highest BCUT2D eigenvalue weighted by molar-refractivity contribution is 6.30. The first-order valence-corrected chi connectivity index (χ1v) is 7.55. The average Bonchev–Trinajstić information content (AvgIpc) is 3.10. The number of hydrogen-bond donors (Lipinski definition) is 0. The summed E-state index contributed by atoms with van der Waals surface area (Å²) in [6.07, 6.45) is 1.96. The van der Waals surface area contributed by atoms with E-state index in [0.717, 1.165) is 28.2 Å². The Morgan fingerprint density at radius 1 is 1.04 bits per heavy atom. The molecule has 6 heteroatoms. The number of aryl methyl sites for hydroxylation is 2. The van der Waals surface area contributed by atoms with Gasteiger partial charge in [-0.2, -0.15) is 0 Å². The van der Waals surface area contributed by atoms with Crippen molar-refractivity contribution in [2.45, 2.75) is 13.8 Å². The summed E-state index contributed by atoms with van der Waals surface area (Å²) in [4.78, 5) is 4.56. The summed E-state index contributed by atoms with van der Waals surface area (Å²) in [5, 5.41) is 8.94. The Labute approximate surface area is 137 Å². The first-order chi connectivity index (χ1) is 11.1. The van der Waals surface area contributed by atoms with E-state index in [1.165, 1.54) is 0 Å². The van der Waals surface area contributed by atoms with Gasteiger partial charge in [-0.25, -0.2) is 4.98 Å². The number of pyridine rings is 1. The number of imidazole rings is 1. The topological polar surface area (TPSA) is 56.2 Å². The maximum Gasteiger partial charge on any atom is 0.266 e. The molecule has 0 aliphatic carbocycles. The fourth-order valence-corrected chi connectivity index (χ4v) is 2.77. The molecule has 0 spiro atoms. The second-order valence-corrected chi connectivity index (χ2v) is 5.84. The van der Waals surface area contributed by atoms with Gasteiger partial charge in [0.25, 0.3) is 5.89 Å². The molecule has 0 amide bonds. The van der Waals surface area contributed by atoms with Crippen LogP contribution in [0.15, 0.2) is 47.0 Å². The van der Waals surface area contributed by atoms with Crippen molar-refractivity contribution in [1.82, 2.24) is 19.6 Å². The van der Waals surface area contributed by atoms with Crippen LogP contribution in [-0.2, 0) is 0 Å². The van der Waals surface area contributed by atoms with Gasteiger partial charge >= 0.3 is 0 Å². The lowest BCUT2D eigenvalue weighted by molar-refractivity contribution is 0.581. The van der Waals surface area contributed by atoms with Gasteiger partial charge in [0.1, 0.15) is 11.3 Å². The predicted molar refractivity (Wildman–Crippen MR) is 88.4 cm³/mol. The molecule has 0 saturated carbocycles. The van der Waals surface area contributed by atoms with Crippen LogP contribution >= 0.6 is 11.6 Å². The zero-order chi connectivity index (χ0) is 16.0. The molecule has 0 N–H and O–H groups in total. The van der Waals surface area contributed by atoms with E-state index < -0.39 is 0 Å². The van der Waals surface area contributed by atoms with Gasteiger partial charge < -0.3 is 4.42 Å². The van der Waals surface area contributed by atoms with Crippen molar-refractivity contribution in [3.63, 3.8) is 0 Å². The van der Waals surface area contributed by atoms with Gasteiger partial charge in [0, 0.05) is 16.8 Å². The van der Waals surface area contributed by atoms with Gasteiger partial charge in [0.05, 0.1) is 5.69 Å². The van der Waals surface area contributed by atoms with Crippen LogP contribution in [0.3, 0.4) is 0 Å². The number of aromatic nitrogens is 4. The number of rotatable bonds is 2. The summed E-state index contributed by atoms with van der Waals surface area (Å²) in [5.41, 5.74) is 4.45. The van der Waals surface area contributed by atoms with E-state index in [9.17, 15) is 0 Å². The molecule has 1 aromatic carbocycles. The van der Waals surface area contributed by atoms with Gasteiger partial charge in [-0.05, 0) is 49.7 Å².